The summed E-state index contributed by atoms with van der Waals surface area (Å²) in [6.07, 6.45) is 6.43. The van der Waals surface area contributed by atoms with Crippen LogP contribution in [0.2, 0.25) is 0 Å². The molecular formula is C8H19N. The molecule has 0 aromatic heterocycles. The molecule has 0 aromatic rings. The van der Waals surface area contributed by atoms with Crippen LogP contribution in [0.5, 0.6) is 0 Å². The molecule has 0 atom stereocenters. The molecule has 0 amide bonds. The summed E-state index contributed by atoms with van der Waals surface area (Å²) in [7, 11) is 0. The van der Waals surface area contributed by atoms with Crippen molar-refractivity contribution in [3.63, 3.8) is 0 Å². The quantitative estimate of drug-likeness (QED) is 0.459. The zero-order valence-corrected chi connectivity index (χ0v) is 6.85. The van der Waals surface area contributed by atoms with E-state index in [0.717, 1.165) is 19.4 Å². The second-order valence-electron chi connectivity index (χ2n) is 1.50. The van der Waals surface area contributed by atoms with Crippen LogP contribution in [0.4, 0.5) is 0 Å². The highest BCUT2D eigenvalue weighted by Crippen LogP contribution is 1.85. The Hall–Kier alpha value is -0.300. The van der Waals surface area contributed by atoms with E-state index in [4.69, 9.17) is 5.73 Å². The summed E-state index contributed by atoms with van der Waals surface area (Å²) in [5.74, 6) is 0. The van der Waals surface area contributed by atoms with Gasteiger partial charge in [0.15, 0.2) is 0 Å². The second kappa shape index (κ2) is 15.6. The van der Waals surface area contributed by atoms with Crippen LogP contribution in [0.25, 0.3) is 0 Å². The van der Waals surface area contributed by atoms with Crippen molar-refractivity contribution in [3.8, 4) is 0 Å². The van der Waals surface area contributed by atoms with Gasteiger partial charge >= 0.3 is 0 Å². The molecule has 0 unspecified atom stereocenters. The minimum Gasteiger partial charge on any atom is -0.330 e. The fourth-order valence-corrected chi connectivity index (χ4v) is 0.402. The fraction of sp³-hybridized carbons (Fsp3) is 0.750. The van der Waals surface area contributed by atoms with E-state index in [1.165, 1.54) is 0 Å². The largest absolute Gasteiger partial charge is 0.330 e. The molecule has 0 bridgehead atoms. The van der Waals surface area contributed by atoms with Gasteiger partial charge in [-0.15, -0.1) is 0 Å². The Balaban J connectivity index is 0. The first-order chi connectivity index (χ1) is 4.41. The molecular weight excluding hydrogens is 110 g/mol. The Bertz CT molecular complexity index is 48.5. The molecule has 0 aromatic carbocycles. The molecule has 0 rings (SSSR count). The highest BCUT2D eigenvalue weighted by atomic mass is 14.5. The van der Waals surface area contributed by atoms with Crippen molar-refractivity contribution < 1.29 is 0 Å². The Morgan fingerprint density at radius 1 is 1.33 bits per heavy atom. The molecule has 0 saturated carbocycles. The van der Waals surface area contributed by atoms with Gasteiger partial charge in [0.2, 0.25) is 0 Å². The molecule has 0 aliphatic heterocycles. The summed E-state index contributed by atoms with van der Waals surface area (Å²) in [6.45, 7) is 6.83. The highest BCUT2D eigenvalue weighted by Gasteiger charge is 1.73. The van der Waals surface area contributed by atoms with E-state index >= 15 is 0 Å². The summed E-state index contributed by atoms with van der Waals surface area (Å²) >= 11 is 0. The lowest BCUT2D eigenvalue weighted by molar-refractivity contribution is 0.854. The van der Waals surface area contributed by atoms with Crippen molar-refractivity contribution in [1.82, 2.24) is 0 Å². The molecule has 2 N–H and O–H groups in total. The molecule has 9 heavy (non-hydrogen) atoms. The maximum absolute atomic E-state index is 5.24. The van der Waals surface area contributed by atoms with E-state index in [-0.39, 0.29) is 0 Å². The standard InChI is InChI=1S/C6H13N.C2H6/c1-2-3-4-5-6-7;1-2/h2-3H,4-7H2,1H3;1-2H3/b3-2-;. The van der Waals surface area contributed by atoms with Gasteiger partial charge in [-0.25, -0.2) is 0 Å². The van der Waals surface area contributed by atoms with Gasteiger partial charge in [-0.2, -0.15) is 0 Å². The Morgan fingerprint density at radius 3 is 2.22 bits per heavy atom. The van der Waals surface area contributed by atoms with Gasteiger partial charge in [0.05, 0.1) is 0 Å². The second-order valence-corrected chi connectivity index (χ2v) is 1.50. The SMILES string of the molecule is C/C=C\CCCN.CC. The summed E-state index contributed by atoms with van der Waals surface area (Å²) < 4.78 is 0. The monoisotopic (exact) mass is 129 g/mol. The normalized spacial score (nSPS) is 8.89. The predicted octanol–water partition coefficient (Wildman–Crippen LogP) is 2.33. The van der Waals surface area contributed by atoms with Crippen LogP contribution in [-0.4, -0.2) is 6.54 Å². The summed E-state index contributed by atoms with van der Waals surface area (Å²) in [6, 6.07) is 0. The maximum atomic E-state index is 5.24. The number of allylic oxidation sites excluding steroid dienone is 2. The average molecular weight is 129 g/mol. The third kappa shape index (κ3) is 18.3. The topological polar surface area (TPSA) is 26.0 Å². The van der Waals surface area contributed by atoms with E-state index in [9.17, 15) is 0 Å². The highest BCUT2D eigenvalue weighted by molar-refractivity contribution is 4.76. The minimum absolute atomic E-state index is 0.810. The number of nitrogens with two attached hydrogens (primary N) is 1. The van der Waals surface area contributed by atoms with Crippen molar-refractivity contribution >= 4 is 0 Å². The number of hydrogen-bond donors (Lipinski definition) is 1. The van der Waals surface area contributed by atoms with E-state index in [1.807, 2.05) is 20.8 Å². The van der Waals surface area contributed by atoms with Gasteiger partial charge in [0.25, 0.3) is 0 Å². The van der Waals surface area contributed by atoms with Crippen LogP contribution in [-0.2, 0) is 0 Å². The van der Waals surface area contributed by atoms with E-state index in [0.29, 0.717) is 0 Å². The van der Waals surface area contributed by atoms with Gasteiger partial charge in [0, 0.05) is 0 Å². The Labute approximate surface area is 58.9 Å². The first kappa shape index (κ1) is 11.5. The van der Waals surface area contributed by atoms with Gasteiger partial charge in [-0.05, 0) is 26.3 Å². The maximum Gasteiger partial charge on any atom is -0.00743 e. The molecule has 0 heterocycles. The van der Waals surface area contributed by atoms with Crippen molar-refractivity contribution in [1.29, 1.82) is 0 Å². The van der Waals surface area contributed by atoms with Crippen LogP contribution in [0.3, 0.4) is 0 Å². The van der Waals surface area contributed by atoms with E-state index < -0.39 is 0 Å². The Kier molecular flexibility index (Phi) is 20.0. The molecule has 1 nitrogen and oxygen atoms in total. The predicted molar refractivity (Wildman–Crippen MR) is 44.5 cm³/mol. The summed E-state index contributed by atoms with van der Waals surface area (Å²) in [5, 5.41) is 0. The molecule has 0 aliphatic rings. The lowest BCUT2D eigenvalue weighted by Gasteiger charge is -1.84. The minimum atomic E-state index is 0.810. The molecule has 0 radical (unpaired) electrons. The van der Waals surface area contributed by atoms with Crippen LogP contribution in [0.1, 0.15) is 33.6 Å². The van der Waals surface area contributed by atoms with E-state index in [1.54, 1.807) is 0 Å². The number of unbranched alkanes of at least 4 members (excludes halogenated alkanes) is 1. The summed E-state index contributed by atoms with van der Waals surface area (Å²) in [4.78, 5) is 0. The molecule has 0 saturated heterocycles. The first-order valence-electron chi connectivity index (χ1n) is 3.73. The molecule has 56 valence electrons. The van der Waals surface area contributed by atoms with Gasteiger partial charge in [-0.3, -0.25) is 0 Å². The lowest BCUT2D eigenvalue weighted by atomic mass is 10.3. The van der Waals surface area contributed by atoms with Gasteiger partial charge in [0.1, 0.15) is 0 Å². The van der Waals surface area contributed by atoms with Crippen molar-refractivity contribution in [2.24, 2.45) is 5.73 Å². The Morgan fingerprint density at radius 2 is 1.89 bits per heavy atom. The molecule has 0 spiro atoms. The third-order valence-electron chi connectivity index (χ3n) is 0.811. The number of rotatable bonds is 3. The fourth-order valence-electron chi connectivity index (χ4n) is 0.402. The lowest BCUT2D eigenvalue weighted by Crippen LogP contribution is -1.96. The molecule has 1 heteroatoms. The third-order valence-corrected chi connectivity index (χ3v) is 0.811. The van der Waals surface area contributed by atoms with Crippen molar-refractivity contribution in [3.05, 3.63) is 12.2 Å². The zero-order chi connectivity index (χ0) is 7.54. The van der Waals surface area contributed by atoms with Gasteiger partial charge in [-0.1, -0.05) is 26.0 Å². The average Bonchev–Trinajstić information content (AvgIpc) is 1.94. The van der Waals surface area contributed by atoms with Crippen LogP contribution in [0.15, 0.2) is 12.2 Å². The first-order valence-corrected chi connectivity index (χ1v) is 3.73. The molecule has 0 fully saturated rings. The van der Waals surface area contributed by atoms with Crippen molar-refractivity contribution in [2.45, 2.75) is 33.6 Å². The number of hydrogen-bond acceptors (Lipinski definition) is 1. The van der Waals surface area contributed by atoms with Crippen LogP contribution < -0.4 is 5.73 Å². The van der Waals surface area contributed by atoms with Crippen molar-refractivity contribution in [2.75, 3.05) is 6.54 Å². The summed E-state index contributed by atoms with van der Waals surface area (Å²) in [5.41, 5.74) is 5.24. The smallest absolute Gasteiger partial charge is 0.00743 e. The van der Waals surface area contributed by atoms with Gasteiger partial charge < -0.3 is 5.73 Å². The van der Waals surface area contributed by atoms with E-state index in [2.05, 4.69) is 12.2 Å². The van der Waals surface area contributed by atoms with Crippen LogP contribution in [0, 0.1) is 0 Å². The molecule has 0 aliphatic carbocycles. The zero-order valence-electron chi connectivity index (χ0n) is 6.85. The van der Waals surface area contributed by atoms with Crippen LogP contribution >= 0.6 is 0 Å².